The van der Waals surface area contributed by atoms with Crippen LogP contribution >= 0.6 is 0 Å². The third-order valence-electron chi connectivity index (χ3n) is 8.34. The smallest absolute Gasteiger partial charge is 0.115 e. The highest BCUT2D eigenvalue weighted by Crippen LogP contribution is 2.54. The van der Waals surface area contributed by atoms with E-state index in [1.54, 1.807) is 0 Å². The fourth-order valence-corrected chi connectivity index (χ4v) is 6.54. The molecule has 4 aliphatic rings. The number of rotatable bonds is 5. The summed E-state index contributed by atoms with van der Waals surface area (Å²) >= 11 is 0. The maximum Gasteiger partial charge on any atom is 0.115 e. The number of aromatic hydroxyl groups is 1. The Morgan fingerprint density at radius 2 is 1.93 bits per heavy atom. The zero-order valence-corrected chi connectivity index (χ0v) is 16.8. The molecule has 0 spiro atoms. The summed E-state index contributed by atoms with van der Waals surface area (Å²) in [7, 11) is 0. The van der Waals surface area contributed by atoms with Gasteiger partial charge in [0.1, 0.15) is 5.75 Å². The molecule has 2 saturated carbocycles. The van der Waals surface area contributed by atoms with Crippen molar-refractivity contribution in [2.45, 2.75) is 69.7 Å². The van der Waals surface area contributed by atoms with Crippen LogP contribution in [0.2, 0.25) is 0 Å². The zero-order valence-electron chi connectivity index (χ0n) is 16.8. The molecule has 4 atom stereocenters. The number of phenolic OH excluding ortho intramolecular Hbond substituents is 1. The van der Waals surface area contributed by atoms with E-state index >= 15 is 0 Å². The lowest BCUT2D eigenvalue weighted by Gasteiger charge is -2.55. The Morgan fingerprint density at radius 1 is 1.11 bits per heavy atom. The lowest BCUT2D eigenvalue weighted by atomic mass is 9.53. The Morgan fingerprint density at radius 3 is 2.70 bits per heavy atom. The highest BCUT2D eigenvalue weighted by Gasteiger charge is 2.51. The van der Waals surface area contributed by atoms with Crippen LogP contribution in [0.25, 0.3) is 0 Å². The van der Waals surface area contributed by atoms with Crippen LogP contribution < -0.4 is 10.6 Å². The van der Waals surface area contributed by atoms with Gasteiger partial charge in [0.15, 0.2) is 0 Å². The van der Waals surface area contributed by atoms with E-state index in [9.17, 15) is 5.11 Å². The monoisotopic (exact) mass is 368 g/mol. The highest BCUT2D eigenvalue weighted by atomic mass is 16.3. The van der Waals surface area contributed by atoms with E-state index in [4.69, 9.17) is 0 Å². The second kappa shape index (κ2) is 7.08. The van der Waals surface area contributed by atoms with Gasteiger partial charge in [0.05, 0.1) is 0 Å². The van der Waals surface area contributed by atoms with Gasteiger partial charge in [-0.15, -0.1) is 0 Å². The minimum atomic E-state index is 0.171. The summed E-state index contributed by atoms with van der Waals surface area (Å²) in [5, 5.41) is 17.8. The van der Waals surface area contributed by atoms with Crippen LogP contribution in [0.3, 0.4) is 0 Å². The van der Waals surface area contributed by atoms with Gasteiger partial charge in [-0.25, -0.2) is 0 Å². The molecule has 1 aliphatic heterocycles. The van der Waals surface area contributed by atoms with Crippen LogP contribution in [0.4, 0.5) is 0 Å². The van der Waals surface area contributed by atoms with Gasteiger partial charge in [-0.3, -0.25) is 0 Å². The Balaban J connectivity index is 1.42. The van der Waals surface area contributed by atoms with Crippen molar-refractivity contribution < 1.29 is 5.11 Å². The molecular weight excluding hydrogens is 332 g/mol. The SMILES string of the molecule is C[C@]12CCC(CC3CC3)[C@H](Cc3ccc(O)cc31)[C@H]2NCC1CCNCC1. The molecule has 0 amide bonds. The molecule has 27 heavy (non-hydrogen) atoms. The highest BCUT2D eigenvalue weighted by molar-refractivity contribution is 5.44. The lowest BCUT2D eigenvalue weighted by molar-refractivity contribution is 0.0722. The summed E-state index contributed by atoms with van der Waals surface area (Å²) in [6.45, 7) is 6.01. The number of fused-ring (bicyclic) bond motifs is 4. The number of hydrogen-bond donors (Lipinski definition) is 3. The van der Waals surface area contributed by atoms with Crippen LogP contribution in [0.15, 0.2) is 18.2 Å². The van der Waals surface area contributed by atoms with Crippen molar-refractivity contribution in [1.29, 1.82) is 0 Å². The van der Waals surface area contributed by atoms with Crippen LogP contribution in [-0.4, -0.2) is 30.8 Å². The molecule has 1 unspecified atom stereocenters. The number of benzene rings is 1. The Hall–Kier alpha value is -1.06. The zero-order chi connectivity index (χ0) is 18.4. The predicted molar refractivity (Wildman–Crippen MR) is 110 cm³/mol. The van der Waals surface area contributed by atoms with E-state index in [1.165, 1.54) is 82.1 Å². The Kier molecular flexibility index (Phi) is 4.72. The van der Waals surface area contributed by atoms with E-state index in [0.29, 0.717) is 11.8 Å². The quantitative estimate of drug-likeness (QED) is 0.736. The third kappa shape index (κ3) is 3.42. The molecule has 3 heteroatoms. The first kappa shape index (κ1) is 18.0. The second-order valence-corrected chi connectivity index (χ2v) is 10.2. The van der Waals surface area contributed by atoms with E-state index in [2.05, 4.69) is 29.7 Å². The topological polar surface area (TPSA) is 44.3 Å². The molecule has 3 nitrogen and oxygen atoms in total. The van der Waals surface area contributed by atoms with Crippen molar-refractivity contribution in [3.63, 3.8) is 0 Å². The van der Waals surface area contributed by atoms with Crippen LogP contribution in [0.5, 0.6) is 5.75 Å². The van der Waals surface area contributed by atoms with Crippen molar-refractivity contribution in [2.75, 3.05) is 19.6 Å². The van der Waals surface area contributed by atoms with Gasteiger partial charge in [-0.2, -0.15) is 0 Å². The molecule has 2 bridgehead atoms. The number of phenols is 1. The molecule has 3 aliphatic carbocycles. The summed E-state index contributed by atoms with van der Waals surface area (Å²) in [6.07, 6.45) is 10.9. The lowest BCUT2D eigenvalue weighted by Crippen LogP contribution is -2.60. The number of piperidine rings is 1. The van der Waals surface area contributed by atoms with Crippen molar-refractivity contribution in [2.24, 2.45) is 23.7 Å². The van der Waals surface area contributed by atoms with E-state index in [-0.39, 0.29) is 5.41 Å². The van der Waals surface area contributed by atoms with Gasteiger partial charge < -0.3 is 15.7 Å². The van der Waals surface area contributed by atoms with Gasteiger partial charge in [0.2, 0.25) is 0 Å². The van der Waals surface area contributed by atoms with Crippen molar-refractivity contribution in [3.8, 4) is 5.75 Å². The first-order valence-corrected chi connectivity index (χ1v) is 11.4. The third-order valence-corrected chi connectivity index (χ3v) is 8.34. The molecule has 148 valence electrons. The number of hydrogen-bond acceptors (Lipinski definition) is 3. The molecule has 3 fully saturated rings. The first-order chi connectivity index (χ1) is 13.1. The maximum absolute atomic E-state index is 10.2. The largest absolute Gasteiger partial charge is 0.508 e. The van der Waals surface area contributed by atoms with Crippen LogP contribution in [0.1, 0.15) is 63.0 Å². The summed E-state index contributed by atoms with van der Waals surface area (Å²) in [6, 6.07) is 6.75. The molecule has 5 rings (SSSR count). The Bertz CT molecular complexity index is 679. The van der Waals surface area contributed by atoms with Gasteiger partial charge in [-0.05, 0) is 105 Å². The normalized spacial score (nSPS) is 36.4. The minimum absolute atomic E-state index is 0.171. The minimum Gasteiger partial charge on any atom is -0.508 e. The van der Waals surface area contributed by atoms with Crippen molar-refractivity contribution in [1.82, 2.24) is 10.6 Å². The van der Waals surface area contributed by atoms with Gasteiger partial charge in [0.25, 0.3) is 0 Å². The van der Waals surface area contributed by atoms with Gasteiger partial charge in [0, 0.05) is 11.5 Å². The summed E-state index contributed by atoms with van der Waals surface area (Å²) in [5.74, 6) is 3.93. The predicted octanol–water partition coefficient (Wildman–Crippen LogP) is 3.99. The van der Waals surface area contributed by atoms with Gasteiger partial charge in [-0.1, -0.05) is 25.8 Å². The standard InChI is InChI=1S/C24H36N2O/c1-24-9-6-18(12-16-2-3-16)21(13-19-4-5-20(27)14-22(19)24)23(24)26-15-17-7-10-25-11-8-17/h4-5,14,16-18,21,23,25-27H,2-3,6-13,15H2,1H3/t18?,21-,23+,24-/m0/s1. The maximum atomic E-state index is 10.2. The summed E-state index contributed by atoms with van der Waals surface area (Å²) in [4.78, 5) is 0. The average molecular weight is 369 g/mol. The van der Waals surface area contributed by atoms with E-state index < -0.39 is 0 Å². The van der Waals surface area contributed by atoms with Crippen LogP contribution in [0, 0.1) is 23.7 Å². The molecule has 3 N–H and O–H groups in total. The number of nitrogens with one attached hydrogen (secondary N) is 2. The van der Waals surface area contributed by atoms with E-state index in [0.717, 1.165) is 23.7 Å². The molecule has 1 aromatic rings. The van der Waals surface area contributed by atoms with Gasteiger partial charge >= 0.3 is 0 Å². The van der Waals surface area contributed by atoms with E-state index in [1.807, 2.05) is 6.07 Å². The Labute approximate surface area is 164 Å². The molecule has 0 aromatic heterocycles. The van der Waals surface area contributed by atoms with Crippen molar-refractivity contribution in [3.05, 3.63) is 29.3 Å². The summed E-state index contributed by atoms with van der Waals surface area (Å²) in [5.41, 5.74) is 3.09. The molecule has 0 radical (unpaired) electrons. The summed E-state index contributed by atoms with van der Waals surface area (Å²) < 4.78 is 0. The second-order valence-electron chi connectivity index (χ2n) is 10.2. The van der Waals surface area contributed by atoms with Crippen LogP contribution in [-0.2, 0) is 11.8 Å². The molecule has 1 aromatic carbocycles. The van der Waals surface area contributed by atoms with Crippen molar-refractivity contribution >= 4 is 0 Å². The molecule has 1 heterocycles. The molecular formula is C24H36N2O. The first-order valence-electron chi connectivity index (χ1n) is 11.4. The molecule has 1 saturated heterocycles. The average Bonchev–Trinajstić information content (AvgIpc) is 3.49. The fourth-order valence-electron chi connectivity index (χ4n) is 6.54. The fraction of sp³-hybridized carbons (Fsp3) is 0.750.